The van der Waals surface area contributed by atoms with Crippen LogP contribution in [0.15, 0.2) is 42.5 Å². The number of aryl methyl sites for hydroxylation is 2. The maximum Gasteiger partial charge on any atom is 0.338 e. The second-order valence-corrected chi connectivity index (χ2v) is 5.18. The smallest absolute Gasteiger partial charge is 0.338 e. The van der Waals surface area contributed by atoms with Gasteiger partial charge in [-0.25, -0.2) is 4.79 Å². The molecule has 0 atom stereocenters. The summed E-state index contributed by atoms with van der Waals surface area (Å²) >= 11 is 0. The van der Waals surface area contributed by atoms with Gasteiger partial charge in [0.1, 0.15) is 6.29 Å². The number of anilines is 1. The zero-order valence-electron chi connectivity index (χ0n) is 13.0. The zero-order chi connectivity index (χ0) is 16.8. The van der Waals surface area contributed by atoms with Crippen molar-refractivity contribution in [1.29, 1.82) is 0 Å². The lowest BCUT2D eigenvalue weighted by molar-refractivity contribution is -0.119. The molecule has 0 bridgehead atoms. The number of ether oxygens (including phenoxy) is 1. The van der Waals surface area contributed by atoms with Crippen LogP contribution in [0.4, 0.5) is 5.69 Å². The molecule has 23 heavy (non-hydrogen) atoms. The van der Waals surface area contributed by atoms with Crippen LogP contribution in [0.1, 0.15) is 31.8 Å². The van der Waals surface area contributed by atoms with Crippen molar-refractivity contribution in [2.45, 2.75) is 13.8 Å². The van der Waals surface area contributed by atoms with Gasteiger partial charge in [-0.2, -0.15) is 0 Å². The third-order valence-electron chi connectivity index (χ3n) is 3.28. The number of carbonyl (C=O) groups is 3. The topological polar surface area (TPSA) is 72.5 Å². The van der Waals surface area contributed by atoms with Crippen LogP contribution in [0.5, 0.6) is 0 Å². The number of hydrogen-bond acceptors (Lipinski definition) is 4. The van der Waals surface area contributed by atoms with E-state index in [9.17, 15) is 14.4 Å². The van der Waals surface area contributed by atoms with Crippen molar-refractivity contribution in [3.63, 3.8) is 0 Å². The van der Waals surface area contributed by atoms with Crippen LogP contribution < -0.4 is 5.32 Å². The number of benzene rings is 2. The Labute approximate surface area is 134 Å². The van der Waals surface area contributed by atoms with Crippen molar-refractivity contribution in [3.8, 4) is 0 Å². The minimum absolute atomic E-state index is 0.287. The van der Waals surface area contributed by atoms with E-state index in [2.05, 4.69) is 5.32 Å². The van der Waals surface area contributed by atoms with Crippen molar-refractivity contribution in [2.24, 2.45) is 0 Å². The minimum atomic E-state index is -0.612. The second-order valence-electron chi connectivity index (χ2n) is 5.18. The summed E-state index contributed by atoms with van der Waals surface area (Å²) in [5.74, 6) is -1.02. The van der Waals surface area contributed by atoms with E-state index in [-0.39, 0.29) is 12.2 Å². The fourth-order valence-corrected chi connectivity index (χ4v) is 1.97. The molecule has 0 aliphatic rings. The lowest BCUT2D eigenvalue weighted by atomic mass is 10.1. The van der Waals surface area contributed by atoms with Crippen molar-refractivity contribution in [2.75, 3.05) is 11.9 Å². The Balaban J connectivity index is 1.91. The molecule has 0 aromatic heterocycles. The number of aldehydes is 1. The van der Waals surface area contributed by atoms with Crippen LogP contribution in [-0.2, 0) is 9.53 Å². The Morgan fingerprint density at radius 1 is 1.09 bits per heavy atom. The van der Waals surface area contributed by atoms with Crippen molar-refractivity contribution < 1.29 is 19.1 Å². The van der Waals surface area contributed by atoms with E-state index in [0.29, 0.717) is 17.5 Å². The average molecular weight is 311 g/mol. The highest BCUT2D eigenvalue weighted by molar-refractivity contribution is 5.96. The van der Waals surface area contributed by atoms with E-state index in [1.807, 2.05) is 32.0 Å². The molecule has 0 spiro atoms. The maximum absolute atomic E-state index is 11.9. The van der Waals surface area contributed by atoms with Gasteiger partial charge in [-0.15, -0.1) is 0 Å². The monoisotopic (exact) mass is 311 g/mol. The third-order valence-corrected chi connectivity index (χ3v) is 3.28. The average Bonchev–Trinajstić information content (AvgIpc) is 2.56. The Morgan fingerprint density at radius 2 is 1.78 bits per heavy atom. The van der Waals surface area contributed by atoms with Gasteiger partial charge >= 0.3 is 5.97 Å². The summed E-state index contributed by atoms with van der Waals surface area (Å²) in [6.07, 6.45) is 0.687. The summed E-state index contributed by atoms with van der Waals surface area (Å²) in [4.78, 5) is 34.3. The summed E-state index contributed by atoms with van der Waals surface area (Å²) in [5, 5.41) is 2.71. The minimum Gasteiger partial charge on any atom is -0.452 e. The lowest BCUT2D eigenvalue weighted by Gasteiger charge is -2.10. The highest BCUT2D eigenvalue weighted by atomic mass is 16.5. The first-order valence-electron chi connectivity index (χ1n) is 7.09. The Morgan fingerprint density at radius 3 is 2.43 bits per heavy atom. The van der Waals surface area contributed by atoms with Crippen LogP contribution >= 0.6 is 0 Å². The van der Waals surface area contributed by atoms with Gasteiger partial charge in [-0.05, 0) is 43.2 Å². The normalized spacial score (nSPS) is 10.0. The molecule has 0 unspecified atom stereocenters. The van der Waals surface area contributed by atoms with Gasteiger partial charge in [-0.3, -0.25) is 9.59 Å². The second kappa shape index (κ2) is 7.35. The Kier molecular flexibility index (Phi) is 5.25. The number of nitrogens with one attached hydrogen (secondary N) is 1. The molecular formula is C18H17NO4. The molecule has 0 radical (unpaired) electrons. The molecule has 0 heterocycles. The van der Waals surface area contributed by atoms with Crippen LogP contribution in [0.25, 0.3) is 0 Å². The highest BCUT2D eigenvalue weighted by Gasteiger charge is 2.11. The zero-order valence-corrected chi connectivity index (χ0v) is 13.0. The molecule has 0 fully saturated rings. The molecule has 1 amide bonds. The number of amides is 1. The third kappa shape index (κ3) is 4.51. The molecule has 118 valence electrons. The maximum atomic E-state index is 11.9. The molecular weight excluding hydrogens is 294 g/mol. The molecule has 5 nitrogen and oxygen atoms in total. The summed E-state index contributed by atoms with van der Waals surface area (Å²) < 4.78 is 4.97. The Bertz CT molecular complexity index is 735. The van der Waals surface area contributed by atoms with Gasteiger partial charge in [0.2, 0.25) is 0 Å². The van der Waals surface area contributed by atoms with E-state index in [4.69, 9.17) is 4.74 Å². The molecule has 2 aromatic rings. The molecule has 2 aromatic carbocycles. The van der Waals surface area contributed by atoms with E-state index in [1.165, 1.54) is 24.3 Å². The predicted octanol–water partition coefficient (Wildman–Crippen LogP) is 2.91. The first-order valence-corrected chi connectivity index (χ1v) is 7.09. The molecule has 0 saturated carbocycles. The van der Waals surface area contributed by atoms with Crippen LogP contribution in [-0.4, -0.2) is 24.8 Å². The number of hydrogen-bond donors (Lipinski definition) is 1. The largest absolute Gasteiger partial charge is 0.452 e. The van der Waals surface area contributed by atoms with Gasteiger partial charge in [0.25, 0.3) is 5.91 Å². The first-order chi connectivity index (χ1) is 11.0. The van der Waals surface area contributed by atoms with Gasteiger partial charge in [-0.1, -0.05) is 24.3 Å². The summed E-state index contributed by atoms with van der Waals surface area (Å²) in [5.41, 5.74) is 3.41. The predicted molar refractivity (Wildman–Crippen MR) is 86.7 cm³/mol. The van der Waals surface area contributed by atoms with Gasteiger partial charge in [0, 0.05) is 11.3 Å². The number of rotatable bonds is 5. The van der Waals surface area contributed by atoms with Gasteiger partial charge < -0.3 is 10.1 Å². The van der Waals surface area contributed by atoms with Crippen LogP contribution in [0, 0.1) is 13.8 Å². The lowest BCUT2D eigenvalue weighted by Crippen LogP contribution is -2.21. The molecule has 0 aliphatic heterocycles. The molecule has 1 N–H and O–H groups in total. The molecule has 0 saturated heterocycles. The quantitative estimate of drug-likeness (QED) is 0.680. The van der Waals surface area contributed by atoms with Crippen molar-refractivity contribution in [3.05, 3.63) is 64.7 Å². The van der Waals surface area contributed by atoms with Crippen LogP contribution in [0.3, 0.4) is 0 Å². The standard InChI is InChI=1S/C18H17NO4/c1-12-3-4-13(2)16(9-12)19-17(21)11-23-18(22)15-7-5-14(10-20)6-8-15/h3-10H,11H2,1-2H3,(H,19,21). The van der Waals surface area contributed by atoms with E-state index in [0.717, 1.165) is 11.1 Å². The summed E-state index contributed by atoms with van der Waals surface area (Å²) in [6, 6.07) is 11.7. The molecule has 0 aliphatic carbocycles. The number of carbonyl (C=O) groups excluding carboxylic acids is 3. The SMILES string of the molecule is Cc1ccc(C)c(NC(=O)COC(=O)c2ccc(C=O)cc2)c1. The molecule has 2 rings (SSSR count). The highest BCUT2D eigenvalue weighted by Crippen LogP contribution is 2.16. The van der Waals surface area contributed by atoms with Crippen molar-refractivity contribution >= 4 is 23.9 Å². The van der Waals surface area contributed by atoms with Crippen molar-refractivity contribution in [1.82, 2.24) is 0 Å². The fourth-order valence-electron chi connectivity index (χ4n) is 1.97. The van der Waals surface area contributed by atoms with Gasteiger partial charge in [0.05, 0.1) is 5.56 Å². The number of esters is 1. The van der Waals surface area contributed by atoms with Gasteiger partial charge in [0.15, 0.2) is 6.61 Å². The van der Waals surface area contributed by atoms with E-state index >= 15 is 0 Å². The fraction of sp³-hybridized carbons (Fsp3) is 0.167. The summed E-state index contributed by atoms with van der Waals surface area (Å²) in [7, 11) is 0. The first kappa shape index (κ1) is 16.4. The summed E-state index contributed by atoms with van der Waals surface area (Å²) in [6.45, 7) is 3.44. The molecule has 5 heteroatoms. The Hall–Kier alpha value is -2.95. The van der Waals surface area contributed by atoms with E-state index < -0.39 is 11.9 Å². The van der Waals surface area contributed by atoms with Crippen LogP contribution in [0.2, 0.25) is 0 Å². The van der Waals surface area contributed by atoms with E-state index in [1.54, 1.807) is 0 Å².